The van der Waals surface area contributed by atoms with Gasteiger partial charge in [0.15, 0.2) is 0 Å². The number of hydrogen-bond acceptors (Lipinski definition) is 4. The lowest BCUT2D eigenvalue weighted by Gasteiger charge is -2.26. The maximum Gasteiger partial charge on any atom is 0.300 e. The van der Waals surface area contributed by atoms with Gasteiger partial charge < -0.3 is 10.2 Å². The molecule has 3 aromatic carbocycles. The van der Waals surface area contributed by atoms with E-state index in [1.165, 1.54) is 35.9 Å². The maximum atomic E-state index is 14.9. The number of fused-ring (bicyclic) bond motifs is 1. The van der Waals surface area contributed by atoms with Gasteiger partial charge >= 0.3 is 0 Å². The molecule has 0 saturated carbocycles. The fourth-order valence-electron chi connectivity index (χ4n) is 4.78. The van der Waals surface area contributed by atoms with Gasteiger partial charge in [-0.25, -0.2) is 4.39 Å². The van der Waals surface area contributed by atoms with Gasteiger partial charge in [0.05, 0.1) is 17.3 Å². The van der Waals surface area contributed by atoms with E-state index in [0.29, 0.717) is 5.56 Å². The molecule has 1 aliphatic carbocycles. The second-order valence-electron chi connectivity index (χ2n) is 8.37. The van der Waals surface area contributed by atoms with Crippen LogP contribution in [0, 0.1) is 5.82 Å². The standard InChI is InChI=1S/C27H22FNO4/c28-20-10-4-3-9-19(20)24-23(25(31)18-14-13-16-7-1-2-8-17(16)15-18)26(32)27(33)29(24)21-11-5-6-12-22(21)30/h3-6,9-15,24,30-31H,1-2,7-8H2/b25-23+. The molecule has 0 aromatic heterocycles. The maximum absolute atomic E-state index is 14.9. The number of aliphatic hydroxyl groups excluding tert-OH is 1. The average molecular weight is 443 g/mol. The number of nitrogens with zero attached hydrogens (tertiary/aromatic N) is 1. The molecule has 2 aliphatic rings. The van der Waals surface area contributed by atoms with Crippen molar-refractivity contribution in [2.45, 2.75) is 31.7 Å². The Labute approximate surface area is 190 Å². The molecule has 1 amide bonds. The number of anilines is 1. The third-order valence-electron chi connectivity index (χ3n) is 6.41. The molecule has 33 heavy (non-hydrogen) atoms. The zero-order chi connectivity index (χ0) is 23.1. The summed E-state index contributed by atoms with van der Waals surface area (Å²) in [4.78, 5) is 27.4. The molecule has 1 saturated heterocycles. The molecule has 0 radical (unpaired) electrons. The van der Waals surface area contributed by atoms with E-state index in [9.17, 15) is 24.2 Å². The fraction of sp³-hybridized carbons (Fsp3) is 0.185. The lowest BCUT2D eigenvalue weighted by Crippen LogP contribution is -2.29. The monoisotopic (exact) mass is 443 g/mol. The minimum absolute atomic E-state index is 0.0551. The molecule has 0 bridgehead atoms. The van der Waals surface area contributed by atoms with Gasteiger partial charge in [0.2, 0.25) is 0 Å². The number of Topliss-reactive ketones (excluding diaryl/α,β-unsaturated/α-hetero) is 1. The summed E-state index contributed by atoms with van der Waals surface area (Å²) in [6.07, 6.45) is 3.99. The highest BCUT2D eigenvalue weighted by molar-refractivity contribution is 6.51. The molecular weight excluding hydrogens is 421 g/mol. The molecule has 1 heterocycles. The van der Waals surface area contributed by atoms with Crippen LogP contribution in [0.5, 0.6) is 5.75 Å². The number of rotatable bonds is 3. The zero-order valence-corrected chi connectivity index (χ0v) is 17.8. The van der Waals surface area contributed by atoms with Gasteiger partial charge in [-0.2, -0.15) is 0 Å². The third-order valence-corrected chi connectivity index (χ3v) is 6.41. The predicted octanol–water partition coefficient (Wildman–Crippen LogP) is 5.04. The highest BCUT2D eigenvalue weighted by Crippen LogP contribution is 2.45. The number of carbonyl (C=O) groups excluding carboxylic acids is 2. The fourth-order valence-corrected chi connectivity index (χ4v) is 4.78. The Hall–Kier alpha value is -3.93. The summed E-state index contributed by atoms with van der Waals surface area (Å²) < 4.78 is 14.9. The Balaban J connectivity index is 1.73. The number of halogens is 1. The smallest absolute Gasteiger partial charge is 0.300 e. The molecule has 6 heteroatoms. The van der Waals surface area contributed by atoms with Crippen LogP contribution in [0.25, 0.3) is 5.76 Å². The first-order valence-corrected chi connectivity index (χ1v) is 10.9. The number of phenolic OH excluding ortho intramolecular Hbond substituents is 1. The number of benzene rings is 3. The molecule has 1 unspecified atom stereocenters. The van der Waals surface area contributed by atoms with Crippen molar-refractivity contribution in [3.05, 3.63) is 100 Å². The van der Waals surface area contributed by atoms with Gasteiger partial charge in [-0.15, -0.1) is 0 Å². The summed E-state index contributed by atoms with van der Waals surface area (Å²) in [5, 5.41) is 21.7. The Morgan fingerprint density at radius 3 is 2.36 bits per heavy atom. The summed E-state index contributed by atoms with van der Waals surface area (Å²) >= 11 is 0. The van der Waals surface area contributed by atoms with Gasteiger partial charge in [0.1, 0.15) is 17.3 Å². The number of aryl methyl sites for hydroxylation is 2. The van der Waals surface area contributed by atoms with E-state index in [1.807, 2.05) is 12.1 Å². The SMILES string of the molecule is O=C1C(=O)N(c2ccccc2O)C(c2ccccc2F)/C1=C(\O)c1ccc2c(c1)CCCC2. The number of para-hydroxylation sites is 2. The molecular formula is C27H22FNO4. The van der Waals surface area contributed by atoms with E-state index in [0.717, 1.165) is 36.1 Å². The highest BCUT2D eigenvalue weighted by atomic mass is 19.1. The van der Waals surface area contributed by atoms with Crippen LogP contribution < -0.4 is 4.90 Å². The minimum atomic E-state index is -1.23. The number of aromatic hydroxyl groups is 1. The molecule has 166 valence electrons. The van der Waals surface area contributed by atoms with Crippen LogP contribution in [0.15, 0.2) is 72.3 Å². The van der Waals surface area contributed by atoms with E-state index in [1.54, 1.807) is 24.3 Å². The van der Waals surface area contributed by atoms with Crippen molar-refractivity contribution in [2.75, 3.05) is 4.90 Å². The lowest BCUT2D eigenvalue weighted by molar-refractivity contribution is -0.132. The Bertz CT molecular complexity index is 1310. The first-order valence-electron chi connectivity index (χ1n) is 10.9. The number of ketones is 1. The molecule has 3 aromatic rings. The molecule has 5 rings (SSSR count). The number of hydrogen-bond donors (Lipinski definition) is 2. The predicted molar refractivity (Wildman–Crippen MR) is 122 cm³/mol. The molecule has 0 spiro atoms. The molecule has 1 fully saturated rings. The van der Waals surface area contributed by atoms with Crippen LogP contribution >= 0.6 is 0 Å². The molecule has 1 aliphatic heterocycles. The van der Waals surface area contributed by atoms with Crippen molar-refractivity contribution in [1.82, 2.24) is 0 Å². The van der Waals surface area contributed by atoms with Gasteiger partial charge in [-0.1, -0.05) is 42.5 Å². The highest BCUT2D eigenvalue weighted by Gasteiger charge is 2.48. The van der Waals surface area contributed by atoms with E-state index in [-0.39, 0.29) is 28.3 Å². The minimum Gasteiger partial charge on any atom is -0.507 e. The van der Waals surface area contributed by atoms with E-state index in [4.69, 9.17) is 0 Å². The number of aliphatic hydroxyl groups is 1. The Morgan fingerprint density at radius 2 is 1.61 bits per heavy atom. The Kier molecular flexibility index (Phi) is 5.21. The van der Waals surface area contributed by atoms with Crippen LogP contribution in [-0.2, 0) is 22.4 Å². The van der Waals surface area contributed by atoms with Gasteiger partial charge in [-0.3, -0.25) is 14.5 Å². The normalized spacial score (nSPS) is 19.5. The summed E-state index contributed by atoms with van der Waals surface area (Å²) in [5.41, 5.74) is 2.63. The van der Waals surface area contributed by atoms with Gasteiger partial charge in [0.25, 0.3) is 11.7 Å². The molecule has 1 atom stereocenters. The molecule has 5 nitrogen and oxygen atoms in total. The number of phenols is 1. The first kappa shape index (κ1) is 20.9. The van der Waals surface area contributed by atoms with Crippen molar-refractivity contribution in [2.24, 2.45) is 0 Å². The Morgan fingerprint density at radius 1 is 0.909 bits per heavy atom. The van der Waals surface area contributed by atoms with Crippen LogP contribution in [0.2, 0.25) is 0 Å². The lowest BCUT2D eigenvalue weighted by atomic mass is 9.88. The first-order chi connectivity index (χ1) is 16.0. The van der Waals surface area contributed by atoms with Crippen molar-refractivity contribution in [3.8, 4) is 5.75 Å². The topological polar surface area (TPSA) is 77.8 Å². The summed E-state index contributed by atoms with van der Waals surface area (Å²) in [7, 11) is 0. The summed E-state index contributed by atoms with van der Waals surface area (Å²) in [6, 6.07) is 16.1. The second kappa shape index (κ2) is 8.20. The quantitative estimate of drug-likeness (QED) is 0.338. The van der Waals surface area contributed by atoms with Crippen LogP contribution in [0.4, 0.5) is 10.1 Å². The summed E-state index contributed by atoms with van der Waals surface area (Å²) in [5.74, 6) is -3.07. The van der Waals surface area contributed by atoms with Crippen molar-refractivity contribution < 1.29 is 24.2 Å². The third kappa shape index (κ3) is 3.48. The molecule has 2 N–H and O–H groups in total. The van der Waals surface area contributed by atoms with Crippen LogP contribution in [0.1, 0.15) is 41.1 Å². The summed E-state index contributed by atoms with van der Waals surface area (Å²) in [6.45, 7) is 0. The van der Waals surface area contributed by atoms with Crippen LogP contribution in [-0.4, -0.2) is 21.9 Å². The van der Waals surface area contributed by atoms with Gasteiger partial charge in [0, 0.05) is 11.1 Å². The number of amides is 1. The second-order valence-corrected chi connectivity index (χ2v) is 8.37. The van der Waals surface area contributed by atoms with Gasteiger partial charge in [-0.05, 0) is 61.1 Å². The average Bonchev–Trinajstić information content (AvgIpc) is 3.09. The van der Waals surface area contributed by atoms with Crippen molar-refractivity contribution >= 4 is 23.1 Å². The van der Waals surface area contributed by atoms with Crippen molar-refractivity contribution in [3.63, 3.8) is 0 Å². The van der Waals surface area contributed by atoms with E-state index < -0.39 is 23.5 Å². The largest absolute Gasteiger partial charge is 0.507 e. The van der Waals surface area contributed by atoms with Crippen LogP contribution in [0.3, 0.4) is 0 Å². The number of carbonyl (C=O) groups is 2. The van der Waals surface area contributed by atoms with Crippen molar-refractivity contribution in [1.29, 1.82) is 0 Å². The van der Waals surface area contributed by atoms with E-state index in [2.05, 4.69) is 0 Å². The van der Waals surface area contributed by atoms with E-state index >= 15 is 0 Å². The zero-order valence-electron chi connectivity index (χ0n) is 17.8.